The van der Waals surface area contributed by atoms with E-state index in [0.29, 0.717) is 18.0 Å². The second-order valence-electron chi connectivity index (χ2n) is 8.47. The quantitative estimate of drug-likeness (QED) is 0.534. The van der Waals surface area contributed by atoms with Gasteiger partial charge in [-0.1, -0.05) is 24.3 Å². The molecule has 172 valence electrons. The number of hydrogen-bond acceptors (Lipinski definition) is 5. The summed E-state index contributed by atoms with van der Waals surface area (Å²) < 4.78 is 2.06. The minimum absolute atomic E-state index is 0.215. The highest BCUT2D eigenvalue weighted by molar-refractivity contribution is 8.18. The van der Waals surface area contributed by atoms with Gasteiger partial charge < -0.3 is 9.47 Å². The van der Waals surface area contributed by atoms with Gasteiger partial charge in [-0.25, -0.2) is 0 Å². The fourth-order valence-electron chi connectivity index (χ4n) is 4.54. The van der Waals surface area contributed by atoms with Crippen molar-refractivity contribution in [2.75, 3.05) is 13.1 Å². The number of aromatic nitrogens is 2. The summed E-state index contributed by atoms with van der Waals surface area (Å²) in [6.07, 6.45) is 6.01. The lowest BCUT2D eigenvalue weighted by molar-refractivity contribution is -0.136. The van der Waals surface area contributed by atoms with E-state index < -0.39 is 11.1 Å². The molecule has 7 nitrogen and oxygen atoms in total. The average molecular weight is 473 g/mol. The van der Waals surface area contributed by atoms with Crippen molar-refractivity contribution in [1.82, 2.24) is 19.4 Å². The lowest BCUT2D eigenvalue weighted by Crippen LogP contribution is -2.44. The van der Waals surface area contributed by atoms with E-state index >= 15 is 0 Å². The highest BCUT2D eigenvalue weighted by atomic mass is 32.2. The third-order valence-electron chi connectivity index (χ3n) is 6.31. The number of nitrogens with zero attached hydrogens (tertiary/aromatic N) is 4. The van der Waals surface area contributed by atoms with Crippen LogP contribution in [0, 0.1) is 13.8 Å². The third-order valence-corrected chi connectivity index (χ3v) is 7.22. The Balaban J connectivity index is 1.33. The molecule has 0 radical (unpaired) electrons. The molecule has 2 aromatic heterocycles. The molecule has 34 heavy (non-hydrogen) atoms. The summed E-state index contributed by atoms with van der Waals surface area (Å²) in [5, 5.41) is -0.414. The van der Waals surface area contributed by atoms with E-state index in [4.69, 9.17) is 0 Å². The molecule has 1 aromatic carbocycles. The van der Waals surface area contributed by atoms with E-state index in [-0.39, 0.29) is 12.5 Å². The minimum Gasteiger partial charge on any atom is -0.336 e. The molecule has 0 aliphatic carbocycles. The fourth-order valence-corrected chi connectivity index (χ4v) is 5.37. The minimum atomic E-state index is -0.424. The van der Waals surface area contributed by atoms with Crippen molar-refractivity contribution in [2.24, 2.45) is 0 Å². The highest BCUT2D eigenvalue weighted by Crippen LogP contribution is 2.34. The lowest BCUT2D eigenvalue weighted by atomic mass is 10.00. The molecule has 3 aromatic rings. The van der Waals surface area contributed by atoms with Crippen molar-refractivity contribution in [1.29, 1.82) is 0 Å². The van der Waals surface area contributed by atoms with Crippen molar-refractivity contribution < 1.29 is 14.4 Å². The molecule has 1 saturated heterocycles. The maximum absolute atomic E-state index is 13.0. The number of thioether (sulfide) groups is 1. The molecular formula is C26H24N4O3S. The average Bonchev–Trinajstić information content (AvgIpc) is 3.28. The molecule has 1 fully saturated rings. The van der Waals surface area contributed by atoms with Crippen LogP contribution in [0.4, 0.5) is 4.79 Å². The van der Waals surface area contributed by atoms with E-state index in [2.05, 4.69) is 15.6 Å². The molecule has 8 heteroatoms. The first-order valence-electron chi connectivity index (χ1n) is 11.1. The van der Waals surface area contributed by atoms with E-state index in [1.54, 1.807) is 23.4 Å². The van der Waals surface area contributed by atoms with Gasteiger partial charge in [0.25, 0.3) is 11.1 Å². The summed E-state index contributed by atoms with van der Waals surface area (Å²) in [7, 11) is 0. The van der Waals surface area contributed by atoms with Gasteiger partial charge in [-0.2, -0.15) is 0 Å². The van der Waals surface area contributed by atoms with Gasteiger partial charge >= 0.3 is 0 Å². The van der Waals surface area contributed by atoms with Gasteiger partial charge in [-0.05, 0) is 73.0 Å². The number of carbonyl (C=O) groups is 3. The van der Waals surface area contributed by atoms with Gasteiger partial charge in [0, 0.05) is 30.7 Å². The zero-order valence-corrected chi connectivity index (χ0v) is 19.8. The molecular weight excluding hydrogens is 448 g/mol. The van der Waals surface area contributed by atoms with Crippen LogP contribution in [0.2, 0.25) is 0 Å². The monoisotopic (exact) mass is 472 g/mol. The molecule has 0 N–H and O–H groups in total. The van der Waals surface area contributed by atoms with Crippen molar-refractivity contribution >= 4 is 34.9 Å². The predicted molar refractivity (Wildman–Crippen MR) is 131 cm³/mol. The van der Waals surface area contributed by atoms with Crippen LogP contribution in [-0.2, 0) is 22.6 Å². The molecule has 0 spiro atoms. The molecule has 3 amide bonds. The summed E-state index contributed by atoms with van der Waals surface area (Å²) >= 11 is 0.880. The van der Waals surface area contributed by atoms with Crippen LogP contribution in [0.3, 0.4) is 0 Å². The van der Waals surface area contributed by atoms with Crippen molar-refractivity contribution in [3.8, 4) is 5.69 Å². The first-order valence-corrected chi connectivity index (χ1v) is 11.9. The summed E-state index contributed by atoms with van der Waals surface area (Å²) in [5.41, 5.74) is 6.08. The normalized spacial score (nSPS) is 16.9. The smallest absolute Gasteiger partial charge is 0.294 e. The Kier molecular flexibility index (Phi) is 5.83. The zero-order valence-electron chi connectivity index (χ0n) is 19.0. The second-order valence-corrected chi connectivity index (χ2v) is 9.47. The Morgan fingerprint density at radius 1 is 1.12 bits per heavy atom. The Morgan fingerprint density at radius 2 is 1.91 bits per heavy atom. The summed E-state index contributed by atoms with van der Waals surface area (Å²) in [4.78, 5) is 45.9. The van der Waals surface area contributed by atoms with E-state index in [9.17, 15) is 14.4 Å². The number of hydrogen-bond donors (Lipinski definition) is 0. The Bertz CT molecular complexity index is 1330. The standard InChI is InChI=1S/C26H24N4O3S/c1-17-12-21(18(2)30(17)22-8-5-10-27-14-22)13-23-25(32)29(26(33)34-23)16-24(31)28-11-9-19-6-3-4-7-20(19)15-28/h3-8,10,12-14H,9,11,15-16H2,1-2H3/b23-13-. The second kappa shape index (κ2) is 8.95. The molecule has 2 aliphatic rings. The summed E-state index contributed by atoms with van der Waals surface area (Å²) in [5.74, 6) is -0.639. The summed E-state index contributed by atoms with van der Waals surface area (Å²) in [6.45, 7) is 4.80. The van der Waals surface area contributed by atoms with E-state index in [1.807, 2.05) is 50.2 Å². The van der Waals surface area contributed by atoms with Gasteiger partial charge in [-0.3, -0.25) is 24.3 Å². The van der Waals surface area contributed by atoms with Gasteiger partial charge in [0.05, 0.1) is 16.8 Å². The van der Waals surface area contributed by atoms with Crippen LogP contribution < -0.4 is 0 Å². The molecule has 0 atom stereocenters. The Labute approximate surface area is 202 Å². The maximum atomic E-state index is 13.0. The largest absolute Gasteiger partial charge is 0.336 e. The van der Waals surface area contributed by atoms with E-state index in [1.165, 1.54) is 5.56 Å². The Hall–Kier alpha value is -3.65. The Morgan fingerprint density at radius 3 is 2.68 bits per heavy atom. The van der Waals surface area contributed by atoms with Crippen molar-refractivity contribution in [3.63, 3.8) is 0 Å². The number of fused-ring (bicyclic) bond motifs is 1. The van der Waals surface area contributed by atoms with Crippen LogP contribution in [0.25, 0.3) is 11.8 Å². The fraction of sp³-hybridized carbons (Fsp3) is 0.231. The number of amides is 3. The molecule has 0 bridgehead atoms. The third kappa shape index (κ3) is 4.05. The van der Waals surface area contributed by atoms with Crippen LogP contribution in [0.5, 0.6) is 0 Å². The van der Waals surface area contributed by atoms with Crippen LogP contribution in [0.15, 0.2) is 59.8 Å². The van der Waals surface area contributed by atoms with E-state index in [0.717, 1.165) is 51.3 Å². The topological polar surface area (TPSA) is 75.5 Å². The number of imide groups is 1. The number of pyridine rings is 1. The van der Waals surface area contributed by atoms with Gasteiger partial charge in [0.2, 0.25) is 5.91 Å². The summed E-state index contributed by atoms with van der Waals surface area (Å²) in [6, 6.07) is 13.9. The van der Waals surface area contributed by atoms with Gasteiger partial charge in [-0.15, -0.1) is 0 Å². The number of benzene rings is 1. The molecule has 2 aliphatic heterocycles. The first kappa shape index (κ1) is 22.2. The molecule has 4 heterocycles. The first-order chi connectivity index (χ1) is 16.4. The predicted octanol–water partition coefficient (Wildman–Crippen LogP) is 4.11. The number of carbonyl (C=O) groups excluding carboxylic acids is 3. The van der Waals surface area contributed by atoms with Gasteiger partial charge in [0.15, 0.2) is 0 Å². The highest BCUT2D eigenvalue weighted by Gasteiger charge is 2.37. The molecule has 0 saturated carbocycles. The maximum Gasteiger partial charge on any atom is 0.294 e. The van der Waals surface area contributed by atoms with Crippen molar-refractivity contribution in [2.45, 2.75) is 26.8 Å². The number of aryl methyl sites for hydroxylation is 1. The van der Waals surface area contributed by atoms with Crippen LogP contribution in [-0.4, -0.2) is 49.5 Å². The van der Waals surface area contributed by atoms with Crippen LogP contribution in [0.1, 0.15) is 28.1 Å². The molecule has 0 unspecified atom stereocenters. The number of rotatable bonds is 4. The van der Waals surface area contributed by atoms with Gasteiger partial charge in [0.1, 0.15) is 6.54 Å². The van der Waals surface area contributed by atoms with Crippen LogP contribution >= 0.6 is 11.8 Å². The molecule has 5 rings (SSSR count). The van der Waals surface area contributed by atoms with Crippen molar-refractivity contribution in [3.05, 3.63) is 87.8 Å². The SMILES string of the molecule is Cc1cc(/C=C2\SC(=O)N(CC(=O)N3CCc4ccccc4C3)C2=O)c(C)n1-c1cccnc1. The zero-order chi connectivity index (χ0) is 23.8. The lowest BCUT2D eigenvalue weighted by Gasteiger charge is -2.29.